The van der Waals surface area contributed by atoms with Gasteiger partial charge in [-0.2, -0.15) is 13.9 Å². The molecule has 9 nitrogen and oxygen atoms in total. The van der Waals surface area contributed by atoms with Gasteiger partial charge in [-0.15, -0.1) is 0 Å². The van der Waals surface area contributed by atoms with E-state index in [9.17, 15) is 23.5 Å². The standard InChI is InChI=1S/C34H35F2N3O6/c1-20(38-33(42)34(2,35)36)32(23-9-12-30-31(18-23)44-14-13-43-30)45-26-10-11-27-24(16-26)19-37-39(27)25-7-3-5-21(15-25)29(41)17-22-6-4-8-28(22)40/h3,5,7,9-12,15-16,18-20,22,28,32,40H,4,6,8,13-14,17H2,1-2H3,(H,38,42)/t20-,22-,28-,32-/m0/s1. The van der Waals surface area contributed by atoms with E-state index in [4.69, 9.17) is 14.2 Å². The van der Waals surface area contributed by atoms with E-state index in [1.165, 1.54) is 0 Å². The minimum absolute atomic E-state index is 0.00870. The number of halogens is 2. The maximum absolute atomic E-state index is 13.8. The Bertz CT molecular complexity index is 1720. The molecule has 2 heterocycles. The fourth-order valence-electron chi connectivity index (χ4n) is 5.96. The Kier molecular flexibility index (Phi) is 8.46. The molecule has 4 atom stereocenters. The van der Waals surface area contributed by atoms with Crippen LogP contribution in [-0.2, 0) is 4.79 Å². The number of aliphatic hydroxyl groups is 1. The van der Waals surface area contributed by atoms with Gasteiger partial charge in [0.1, 0.15) is 25.1 Å². The summed E-state index contributed by atoms with van der Waals surface area (Å²) in [7, 11) is 0. The number of amides is 1. The van der Waals surface area contributed by atoms with Crippen molar-refractivity contribution in [3.8, 4) is 22.9 Å². The molecule has 1 aliphatic carbocycles. The molecule has 0 bridgehead atoms. The number of aromatic nitrogens is 2. The molecule has 1 saturated carbocycles. The minimum Gasteiger partial charge on any atom is -0.486 e. The third kappa shape index (κ3) is 6.63. The van der Waals surface area contributed by atoms with Crippen LogP contribution in [-0.4, -0.2) is 57.9 Å². The van der Waals surface area contributed by atoms with E-state index in [2.05, 4.69) is 10.4 Å². The lowest BCUT2D eigenvalue weighted by molar-refractivity contribution is -0.144. The molecule has 6 rings (SSSR count). The third-order valence-electron chi connectivity index (χ3n) is 8.39. The Morgan fingerprint density at radius 1 is 1.09 bits per heavy atom. The monoisotopic (exact) mass is 619 g/mol. The molecule has 0 spiro atoms. The van der Waals surface area contributed by atoms with Crippen LogP contribution in [0.1, 0.15) is 61.6 Å². The van der Waals surface area contributed by atoms with Gasteiger partial charge in [0.25, 0.3) is 5.91 Å². The fourth-order valence-corrected chi connectivity index (χ4v) is 5.96. The van der Waals surface area contributed by atoms with E-state index in [1.54, 1.807) is 60.3 Å². The Morgan fingerprint density at radius 2 is 1.89 bits per heavy atom. The molecular formula is C34H35F2N3O6. The largest absolute Gasteiger partial charge is 0.486 e. The average Bonchev–Trinajstić information content (AvgIpc) is 3.64. The number of carbonyl (C=O) groups excluding carboxylic acids is 2. The molecule has 1 amide bonds. The zero-order valence-electron chi connectivity index (χ0n) is 25.0. The molecule has 1 aliphatic heterocycles. The maximum Gasteiger partial charge on any atom is 0.321 e. The third-order valence-corrected chi connectivity index (χ3v) is 8.39. The first-order chi connectivity index (χ1) is 21.6. The number of nitrogens with one attached hydrogen (secondary N) is 1. The van der Waals surface area contributed by atoms with Gasteiger partial charge in [-0.1, -0.05) is 24.6 Å². The minimum atomic E-state index is -3.56. The van der Waals surface area contributed by atoms with Crippen LogP contribution in [0, 0.1) is 5.92 Å². The van der Waals surface area contributed by atoms with Crippen LogP contribution in [0.15, 0.2) is 66.9 Å². The van der Waals surface area contributed by atoms with Gasteiger partial charge in [-0.05, 0) is 73.7 Å². The highest BCUT2D eigenvalue weighted by Crippen LogP contribution is 2.36. The van der Waals surface area contributed by atoms with Gasteiger partial charge < -0.3 is 24.6 Å². The number of hydrogen-bond acceptors (Lipinski definition) is 7. The van der Waals surface area contributed by atoms with Gasteiger partial charge in [0.15, 0.2) is 17.3 Å². The number of ketones is 1. The van der Waals surface area contributed by atoms with Crippen molar-refractivity contribution < 1.29 is 37.7 Å². The predicted molar refractivity (Wildman–Crippen MR) is 162 cm³/mol. The van der Waals surface area contributed by atoms with Crippen molar-refractivity contribution in [1.82, 2.24) is 15.1 Å². The number of aliphatic hydroxyl groups excluding tert-OH is 1. The number of benzene rings is 3. The number of Topliss-reactive ketones (excluding diaryl/α,β-unsaturated/α-hetero) is 1. The number of nitrogens with zero attached hydrogens (tertiary/aromatic N) is 2. The maximum atomic E-state index is 13.8. The quantitative estimate of drug-likeness (QED) is 0.216. The zero-order chi connectivity index (χ0) is 31.7. The fraction of sp³-hybridized carbons (Fsp3) is 0.382. The van der Waals surface area contributed by atoms with Gasteiger partial charge in [-0.3, -0.25) is 9.59 Å². The van der Waals surface area contributed by atoms with E-state index >= 15 is 0 Å². The molecule has 0 radical (unpaired) electrons. The second-order valence-electron chi connectivity index (χ2n) is 11.8. The van der Waals surface area contributed by atoms with Crippen LogP contribution in [0.2, 0.25) is 0 Å². The van der Waals surface area contributed by atoms with Crippen molar-refractivity contribution in [2.24, 2.45) is 5.92 Å². The summed E-state index contributed by atoms with van der Waals surface area (Å²) in [5, 5.41) is 17.8. The smallest absolute Gasteiger partial charge is 0.321 e. The SMILES string of the molecule is C[C@H](NC(=O)C(C)(F)F)[C@H](Oc1ccc2c(cnn2-c2cccc(C(=O)C[C@@H]3CCC[C@@H]3O)c2)c1)c1ccc2c(c1)OCCO2. The Hall–Kier alpha value is -4.51. The van der Waals surface area contributed by atoms with Gasteiger partial charge in [-0.25, -0.2) is 4.68 Å². The normalized spacial score (nSPS) is 19.2. The molecule has 45 heavy (non-hydrogen) atoms. The van der Waals surface area contributed by atoms with Crippen LogP contribution in [0.3, 0.4) is 0 Å². The molecule has 0 saturated heterocycles. The van der Waals surface area contributed by atoms with E-state index in [0.717, 1.165) is 30.2 Å². The van der Waals surface area contributed by atoms with Crippen molar-refractivity contribution >= 4 is 22.6 Å². The zero-order valence-corrected chi connectivity index (χ0v) is 25.0. The molecule has 2 aliphatic rings. The van der Waals surface area contributed by atoms with Gasteiger partial charge in [0.2, 0.25) is 0 Å². The summed E-state index contributed by atoms with van der Waals surface area (Å²) >= 11 is 0. The average molecular weight is 620 g/mol. The first kappa shape index (κ1) is 30.5. The lowest BCUT2D eigenvalue weighted by Crippen LogP contribution is -2.46. The Balaban J connectivity index is 1.26. The Labute approximate surface area is 259 Å². The van der Waals surface area contributed by atoms with Crippen LogP contribution in [0.5, 0.6) is 17.2 Å². The van der Waals surface area contributed by atoms with E-state index in [1.807, 2.05) is 18.2 Å². The van der Waals surface area contributed by atoms with Crippen molar-refractivity contribution in [2.75, 3.05) is 13.2 Å². The number of carbonyl (C=O) groups is 2. The van der Waals surface area contributed by atoms with Crippen LogP contribution < -0.4 is 19.5 Å². The molecule has 11 heteroatoms. The van der Waals surface area contributed by atoms with Crippen LogP contribution in [0.4, 0.5) is 8.78 Å². The lowest BCUT2D eigenvalue weighted by Gasteiger charge is -2.28. The molecule has 4 aromatic rings. The summed E-state index contributed by atoms with van der Waals surface area (Å²) in [6.45, 7) is 2.94. The second kappa shape index (κ2) is 12.5. The molecule has 0 unspecified atom stereocenters. The Morgan fingerprint density at radius 3 is 2.64 bits per heavy atom. The van der Waals surface area contributed by atoms with Crippen molar-refractivity contribution in [1.29, 1.82) is 0 Å². The van der Waals surface area contributed by atoms with Crippen molar-refractivity contribution in [3.05, 3.63) is 78.0 Å². The summed E-state index contributed by atoms with van der Waals surface area (Å²) in [6.07, 6.45) is 3.24. The molecule has 1 fully saturated rings. The highest BCUT2D eigenvalue weighted by atomic mass is 19.3. The topological polar surface area (TPSA) is 112 Å². The number of ether oxygens (including phenoxy) is 3. The highest BCUT2D eigenvalue weighted by molar-refractivity contribution is 5.97. The highest BCUT2D eigenvalue weighted by Gasteiger charge is 2.35. The lowest BCUT2D eigenvalue weighted by atomic mass is 9.95. The number of rotatable bonds is 10. The molecular weight excluding hydrogens is 584 g/mol. The van der Waals surface area contributed by atoms with Gasteiger partial charge in [0.05, 0.1) is 29.5 Å². The summed E-state index contributed by atoms with van der Waals surface area (Å²) in [4.78, 5) is 25.2. The molecule has 3 aromatic carbocycles. The summed E-state index contributed by atoms with van der Waals surface area (Å²) in [6, 6.07) is 17.0. The second-order valence-corrected chi connectivity index (χ2v) is 11.8. The van der Waals surface area contributed by atoms with Crippen LogP contribution in [0.25, 0.3) is 16.6 Å². The van der Waals surface area contributed by atoms with Gasteiger partial charge in [0, 0.05) is 24.3 Å². The van der Waals surface area contributed by atoms with E-state index in [-0.39, 0.29) is 11.7 Å². The van der Waals surface area contributed by atoms with E-state index < -0.39 is 30.1 Å². The van der Waals surface area contributed by atoms with Crippen molar-refractivity contribution in [2.45, 2.75) is 63.7 Å². The number of alkyl halides is 2. The molecule has 1 aromatic heterocycles. The summed E-state index contributed by atoms with van der Waals surface area (Å²) in [5.41, 5.74) is 2.64. The van der Waals surface area contributed by atoms with Crippen LogP contribution >= 0.6 is 0 Å². The first-order valence-corrected chi connectivity index (χ1v) is 15.1. The van der Waals surface area contributed by atoms with E-state index in [0.29, 0.717) is 60.6 Å². The summed E-state index contributed by atoms with van der Waals surface area (Å²) in [5.74, 6) is -3.48. The first-order valence-electron chi connectivity index (χ1n) is 15.1. The van der Waals surface area contributed by atoms with Gasteiger partial charge >= 0.3 is 5.92 Å². The van der Waals surface area contributed by atoms with Crippen molar-refractivity contribution in [3.63, 3.8) is 0 Å². The molecule has 236 valence electrons. The molecule has 2 N–H and O–H groups in total. The summed E-state index contributed by atoms with van der Waals surface area (Å²) < 4.78 is 46.9. The number of fused-ring (bicyclic) bond motifs is 2. The number of hydrogen-bond donors (Lipinski definition) is 2. The predicted octanol–water partition coefficient (Wildman–Crippen LogP) is 5.81.